The summed E-state index contributed by atoms with van der Waals surface area (Å²) in [6, 6.07) is 11.6. The molecule has 0 saturated heterocycles. The molecule has 0 saturated carbocycles. The van der Waals surface area contributed by atoms with Crippen molar-refractivity contribution in [2.75, 3.05) is 11.9 Å². The molecule has 1 N–H and O–H groups in total. The third kappa shape index (κ3) is 4.93. The SMILES string of the molecule is CCCc1nc2ccccc2c(C(=O)OCC(=O)Nc2c(C)cc(C)cc2C)c1CC. The molecule has 0 aliphatic carbocycles. The van der Waals surface area contributed by atoms with Crippen molar-refractivity contribution in [1.82, 2.24) is 4.98 Å². The lowest BCUT2D eigenvalue weighted by Crippen LogP contribution is -2.23. The molecule has 3 rings (SSSR count). The molecule has 5 nitrogen and oxygen atoms in total. The molecule has 31 heavy (non-hydrogen) atoms. The summed E-state index contributed by atoms with van der Waals surface area (Å²) in [7, 11) is 0. The van der Waals surface area contributed by atoms with Crippen LogP contribution in [0.1, 0.15) is 58.6 Å². The fraction of sp³-hybridized carbons (Fsp3) is 0.346. The smallest absolute Gasteiger partial charge is 0.339 e. The summed E-state index contributed by atoms with van der Waals surface area (Å²) < 4.78 is 5.47. The van der Waals surface area contributed by atoms with Gasteiger partial charge in [0.1, 0.15) is 0 Å². The van der Waals surface area contributed by atoms with Gasteiger partial charge in [-0.25, -0.2) is 4.79 Å². The second-order valence-electron chi connectivity index (χ2n) is 7.93. The summed E-state index contributed by atoms with van der Waals surface area (Å²) in [5.41, 5.74) is 6.98. The van der Waals surface area contributed by atoms with E-state index in [2.05, 4.69) is 12.2 Å². The van der Waals surface area contributed by atoms with Crippen molar-refractivity contribution < 1.29 is 14.3 Å². The van der Waals surface area contributed by atoms with Crippen LogP contribution in [0, 0.1) is 20.8 Å². The lowest BCUT2D eigenvalue weighted by atomic mass is 9.96. The Kier molecular flexibility index (Phi) is 7.06. The lowest BCUT2D eigenvalue weighted by Gasteiger charge is -2.16. The number of hydrogen-bond acceptors (Lipinski definition) is 4. The summed E-state index contributed by atoms with van der Waals surface area (Å²) in [6.45, 7) is 9.69. The third-order valence-electron chi connectivity index (χ3n) is 5.40. The molecule has 0 bridgehead atoms. The third-order valence-corrected chi connectivity index (χ3v) is 5.40. The minimum atomic E-state index is -0.486. The van der Waals surface area contributed by atoms with Gasteiger partial charge in [0.15, 0.2) is 6.61 Å². The fourth-order valence-electron chi connectivity index (χ4n) is 4.12. The van der Waals surface area contributed by atoms with E-state index in [0.717, 1.165) is 57.4 Å². The number of benzene rings is 2. The number of rotatable bonds is 7. The van der Waals surface area contributed by atoms with Crippen molar-refractivity contribution in [2.24, 2.45) is 0 Å². The number of hydrogen-bond donors (Lipinski definition) is 1. The molecule has 162 valence electrons. The molecule has 1 amide bonds. The Morgan fingerprint density at radius 2 is 1.71 bits per heavy atom. The van der Waals surface area contributed by atoms with Crippen molar-refractivity contribution in [3.8, 4) is 0 Å². The molecule has 0 atom stereocenters. The van der Waals surface area contributed by atoms with Crippen LogP contribution in [0.5, 0.6) is 0 Å². The number of pyridine rings is 1. The van der Waals surface area contributed by atoms with Crippen LogP contribution in [0.3, 0.4) is 0 Å². The van der Waals surface area contributed by atoms with Crippen molar-refractivity contribution in [3.05, 3.63) is 69.9 Å². The largest absolute Gasteiger partial charge is 0.452 e. The highest BCUT2D eigenvalue weighted by Crippen LogP contribution is 2.26. The predicted octanol–water partition coefficient (Wildman–Crippen LogP) is 5.47. The lowest BCUT2D eigenvalue weighted by molar-refractivity contribution is -0.119. The molecule has 0 aliphatic rings. The van der Waals surface area contributed by atoms with Crippen molar-refractivity contribution in [1.29, 1.82) is 0 Å². The molecule has 0 fully saturated rings. The summed E-state index contributed by atoms with van der Waals surface area (Å²) in [6.07, 6.45) is 2.40. The number of ether oxygens (including phenoxy) is 1. The maximum atomic E-state index is 13.1. The molecule has 0 unspecified atom stereocenters. The average molecular weight is 419 g/mol. The number of esters is 1. The molecular formula is C26H30N2O3. The van der Waals surface area contributed by atoms with Gasteiger partial charge in [-0.15, -0.1) is 0 Å². The Bertz CT molecular complexity index is 1110. The Morgan fingerprint density at radius 1 is 1.03 bits per heavy atom. The van der Waals surface area contributed by atoms with Gasteiger partial charge in [-0.3, -0.25) is 9.78 Å². The molecule has 0 spiro atoms. The molecule has 1 aromatic heterocycles. The summed E-state index contributed by atoms with van der Waals surface area (Å²) in [4.78, 5) is 30.4. The molecule has 5 heteroatoms. The zero-order chi connectivity index (χ0) is 22.5. The van der Waals surface area contributed by atoms with E-state index in [1.807, 2.05) is 64.1 Å². The van der Waals surface area contributed by atoms with E-state index in [-0.39, 0.29) is 12.5 Å². The highest BCUT2D eigenvalue weighted by Gasteiger charge is 2.21. The van der Waals surface area contributed by atoms with Crippen LogP contribution in [0.25, 0.3) is 10.9 Å². The Balaban J connectivity index is 1.84. The van der Waals surface area contributed by atoms with Gasteiger partial charge >= 0.3 is 5.97 Å². The predicted molar refractivity (Wildman–Crippen MR) is 125 cm³/mol. The Morgan fingerprint density at radius 3 is 2.35 bits per heavy atom. The number of aromatic nitrogens is 1. The van der Waals surface area contributed by atoms with Gasteiger partial charge in [0.25, 0.3) is 5.91 Å². The van der Waals surface area contributed by atoms with Crippen LogP contribution < -0.4 is 5.32 Å². The maximum absolute atomic E-state index is 13.1. The van der Waals surface area contributed by atoms with Gasteiger partial charge in [0, 0.05) is 16.8 Å². The first-order chi connectivity index (χ1) is 14.8. The number of amides is 1. The van der Waals surface area contributed by atoms with Gasteiger partial charge in [-0.2, -0.15) is 0 Å². The number of fused-ring (bicyclic) bond motifs is 1. The van der Waals surface area contributed by atoms with E-state index in [4.69, 9.17) is 9.72 Å². The molecule has 1 heterocycles. The van der Waals surface area contributed by atoms with Crippen molar-refractivity contribution >= 4 is 28.5 Å². The van der Waals surface area contributed by atoms with Gasteiger partial charge in [-0.05, 0) is 56.4 Å². The second-order valence-corrected chi connectivity index (χ2v) is 7.93. The molecule has 0 radical (unpaired) electrons. The quantitative estimate of drug-likeness (QED) is 0.517. The molecule has 2 aromatic carbocycles. The van der Waals surface area contributed by atoms with E-state index < -0.39 is 5.97 Å². The van der Waals surface area contributed by atoms with E-state index in [9.17, 15) is 9.59 Å². The average Bonchev–Trinajstić information content (AvgIpc) is 2.73. The zero-order valence-corrected chi connectivity index (χ0v) is 19.0. The zero-order valence-electron chi connectivity index (χ0n) is 19.0. The summed E-state index contributed by atoms with van der Waals surface area (Å²) >= 11 is 0. The Labute approximate surface area is 183 Å². The monoisotopic (exact) mass is 418 g/mol. The van der Waals surface area contributed by atoms with Crippen LogP contribution in [0.4, 0.5) is 5.69 Å². The minimum absolute atomic E-state index is 0.339. The minimum Gasteiger partial charge on any atom is -0.452 e. The number of aryl methyl sites for hydroxylation is 4. The topological polar surface area (TPSA) is 68.3 Å². The number of para-hydroxylation sites is 1. The number of anilines is 1. The first-order valence-corrected chi connectivity index (χ1v) is 10.8. The van der Waals surface area contributed by atoms with Crippen molar-refractivity contribution in [3.63, 3.8) is 0 Å². The van der Waals surface area contributed by atoms with E-state index in [1.54, 1.807) is 0 Å². The number of carbonyl (C=O) groups excluding carboxylic acids is 2. The molecule has 3 aromatic rings. The van der Waals surface area contributed by atoms with Gasteiger partial charge in [-0.1, -0.05) is 56.2 Å². The summed E-state index contributed by atoms with van der Waals surface area (Å²) in [5.74, 6) is -0.839. The normalized spacial score (nSPS) is 10.9. The molecule has 0 aliphatic heterocycles. The van der Waals surface area contributed by atoms with Crippen LogP contribution in [-0.2, 0) is 22.4 Å². The van der Waals surface area contributed by atoms with Gasteiger partial charge in [0.05, 0.1) is 11.1 Å². The highest BCUT2D eigenvalue weighted by molar-refractivity contribution is 6.06. The Hall–Kier alpha value is -3.21. The van der Waals surface area contributed by atoms with Crippen LogP contribution in [-0.4, -0.2) is 23.5 Å². The van der Waals surface area contributed by atoms with Gasteiger partial charge in [0.2, 0.25) is 0 Å². The number of nitrogens with zero attached hydrogens (tertiary/aromatic N) is 1. The second kappa shape index (κ2) is 9.73. The van der Waals surface area contributed by atoms with E-state index in [0.29, 0.717) is 12.0 Å². The molecular weight excluding hydrogens is 388 g/mol. The summed E-state index contributed by atoms with van der Waals surface area (Å²) in [5, 5.41) is 3.64. The van der Waals surface area contributed by atoms with Crippen LogP contribution in [0.2, 0.25) is 0 Å². The highest BCUT2D eigenvalue weighted by atomic mass is 16.5. The number of nitrogens with one attached hydrogen (secondary N) is 1. The van der Waals surface area contributed by atoms with Crippen molar-refractivity contribution in [2.45, 2.75) is 53.9 Å². The fourth-order valence-corrected chi connectivity index (χ4v) is 4.12. The van der Waals surface area contributed by atoms with Crippen LogP contribution in [0.15, 0.2) is 36.4 Å². The van der Waals surface area contributed by atoms with Crippen LogP contribution >= 0.6 is 0 Å². The first kappa shape index (κ1) is 22.5. The standard InChI is InChI=1S/C26H30N2O3/c1-6-10-21-19(7-2)24(20-11-8-9-12-22(20)27-21)26(30)31-15-23(29)28-25-17(4)13-16(3)14-18(25)5/h8-9,11-14H,6-7,10,15H2,1-5H3,(H,28,29). The van der Waals surface area contributed by atoms with E-state index >= 15 is 0 Å². The van der Waals surface area contributed by atoms with Gasteiger partial charge < -0.3 is 10.1 Å². The number of carbonyl (C=O) groups is 2. The maximum Gasteiger partial charge on any atom is 0.339 e. The first-order valence-electron chi connectivity index (χ1n) is 10.8. The van der Waals surface area contributed by atoms with E-state index in [1.165, 1.54) is 0 Å².